The average Bonchev–Trinajstić information content (AvgIpc) is 3.52. The number of nitrogens with one attached hydrogen (secondary N) is 1. The summed E-state index contributed by atoms with van der Waals surface area (Å²) < 4.78 is 1.85. The third-order valence-electron chi connectivity index (χ3n) is 7.81. The van der Waals surface area contributed by atoms with Gasteiger partial charge in [0, 0.05) is 55.7 Å². The molecule has 1 aliphatic carbocycles. The lowest BCUT2D eigenvalue weighted by molar-refractivity contribution is -0.144. The van der Waals surface area contributed by atoms with Crippen molar-refractivity contribution in [1.82, 2.24) is 24.2 Å². The van der Waals surface area contributed by atoms with Gasteiger partial charge in [-0.25, -0.2) is 9.97 Å². The van der Waals surface area contributed by atoms with Crippen LogP contribution in [0.4, 0.5) is 5.69 Å². The van der Waals surface area contributed by atoms with Gasteiger partial charge in [-0.15, -0.1) is 11.3 Å². The molecule has 3 aromatic heterocycles. The fourth-order valence-electron chi connectivity index (χ4n) is 5.70. The zero-order valence-electron chi connectivity index (χ0n) is 23.0. The number of piperidine rings is 1. The third kappa shape index (κ3) is 5.54. The molecule has 1 N–H and O–H groups in total. The van der Waals surface area contributed by atoms with E-state index >= 15 is 0 Å². The van der Waals surface area contributed by atoms with E-state index in [2.05, 4.69) is 49.1 Å². The van der Waals surface area contributed by atoms with Crippen molar-refractivity contribution in [2.24, 2.45) is 11.8 Å². The minimum Gasteiger partial charge on any atom is -0.328 e. The quantitative estimate of drug-likeness (QED) is 0.452. The van der Waals surface area contributed by atoms with E-state index in [-0.39, 0.29) is 13.4 Å². The second kappa shape index (κ2) is 11.0. The molecule has 0 spiro atoms. The lowest BCUT2D eigenvalue weighted by Crippen LogP contribution is -2.47. The fraction of sp³-hybridized carbons (Fsp3) is 0.517. The smallest absolute Gasteiger partial charge is 0.313 e. The van der Waals surface area contributed by atoms with Gasteiger partial charge in [0.2, 0.25) is 0 Å². The van der Waals surface area contributed by atoms with E-state index in [9.17, 15) is 9.59 Å². The molecule has 4 heterocycles. The predicted octanol–water partition coefficient (Wildman–Crippen LogP) is 4.93. The monoisotopic (exact) mass is 536 g/mol. The maximum Gasteiger partial charge on any atom is 0.313 e. The van der Waals surface area contributed by atoms with Gasteiger partial charge in [-0.3, -0.25) is 9.59 Å². The number of fused-ring (bicyclic) bond motifs is 2. The van der Waals surface area contributed by atoms with Crippen molar-refractivity contribution in [2.75, 3.05) is 32.0 Å². The van der Waals surface area contributed by atoms with E-state index < -0.39 is 11.8 Å². The van der Waals surface area contributed by atoms with Gasteiger partial charge in [-0.2, -0.15) is 0 Å². The summed E-state index contributed by atoms with van der Waals surface area (Å²) in [6.07, 6.45) is 10.5. The van der Waals surface area contributed by atoms with E-state index in [4.69, 9.17) is 4.98 Å². The lowest BCUT2D eigenvalue weighted by Gasteiger charge is -2.33. The number of imidazole rings is 1. The molecule has 2 aliphatic rings. The summed E-state index contributed by atoms with van der Waals surface area (Å²) in [7, 11) is 2.19. The normalized spacial score (nSPS) is 20.7. The molecule has 0 bridgehead atoms. The first kappa shape index (κ1) is 26.6. The van der Waals surface area contributed by atoms with E-state index in [0.29, 0.717) is 29.7 Å². The van der Waals surface area contributed by atoms with Gasteiger partial charge >= 0.3 is 11.8 Å². The van der Waals surface area contributed by atoms with Crippen molar-refractivity contribution in [2.45, 2.75) is 58.9 Å². The SMILES string of the molecule is CC(C)CN(C(=O)C(=O)Nc1ccn2ccnc2c1)[C@H](C)C1=Cc2nc([C@H]3CCN(C)C[C@@H]3C)sc2CC1.[HH]. The van der Waals surface area contributed by atoms with Crippen LogP contribution in [0.25, 0.3) is 11.7 Å². The zero-order valence-corrected chi connectivity index (χ0v) is 23.8. The van der Waals surface area contributed by atoms with Crippen LogP contribution in [-0.4, -0.2) is 68.7 Å². The van der Waals surface area contributed by atoms with Gasteiger partial charge in [0.05, 0.1) is 16.7 Å². The molecule has 8 nitrogen and oxygen atoms in total. The van der Waals surface area contributed by atoms with Crippen LogP contribution in [0.3, 0.4) is 0 Å². The Labute approximate surface area is 230 Å². The number of thiazole rings is 1. The van der Waals surface area contributed by atoms with Crippen LogP contribution >= 0.6 is 11.3 Å². The standard InChI is InChI=1S/C29H38N6O2S.H2/c1-18(2)16-35(29(37)27(36)31-22-8-12-34-13-10-30-26(34)15-22)20(4)21-6-7-25-24(14-21)32-28(38-25)23-9-11-33(5)17-19(23)3;/h8,10,12-15,18-20,23H,6-7,9,11,16-17H2,1-5H3,(H,31,36);1H/t19-,20+,23-;/m0./s1. The largest absolute Gasteiger partial charge is 0.328 e. The molecular formula is C29H40N6O2S. The number of aryl methyl sites for hydroxylation is 1. The number of carbonyl (C=O) groups is 2. The number of aromatic nitrogens is 3. The molecule has 1 aliphatic heterocycles. The highest BCUT2D eigenvalue weighted by molar-refractivity contribution is 7.12. The van der Waals surface area contributed by atoms with Crippen molar-refractivity contribution < 1.29 is 11.0 Å². The number of amides is 2. The second-order valence-corrected chi connectivity index (χ2v) is 12.4. The van der Waals surface area contributed by atoms with Crippen molar-refractivity contribution in [3.8, 4) is 0 Å². The number of anilines is 1. The van der Waals surface area contributed by atoms with Gasteiger partial charge in [-0.05, 0) is 69.3 Å². The molecule has 0 radical (unpaired) electrons. The maximum absolute atomic E-state index is 13.4. The van der Waals surface area contributed by atoms with Crippen molar-refractivity contribution in [1.29, 1.82) is 0 Å². The highest BCUT2D eigenvalue weighted by Crippen LogP contribution is 2.39. The first-order chi connectivity index (χ1) is 18.2. The molecule has 0 saturated carbocycles. The Morgan fingerprint density at radius 2 is 2.08 bits per heavy atom. The fourth-order valence-corrected chi connectivity index (χ4v) is 7.01. The van der Waals surface area contributed by atoms with Crippen molar-refractivity contribution in [3.05, 3.63) is 51.9 Å². The highest BCUT2D eigenvalue weighted by atomic mass is 32.1. The molecule has 3 aromatic rings. The first-order valence-electron chi connectivity index (χ1n) is 13.6. The van der Waals surface area contributed by atoms with E-state index in [1.807, 2.05) is 35.1 Å². The van der Waals surface area contributed by atoms with Crippen molar-refractivity contribution in [3.63, 3.8) is 0 Å². The summed E-state index contributed by atoms with van der Waals surface area (Å²) in [5.74, 6) is 0.195. The molecule has 0 aromatic carbocycles. The number of hydrogen-bond acceptors (Lipinski definition) is 6. The van der Waals surface area contributed by atoms with E-state index in [1.165, 1.54) is 9.88 Å². The third-order valence-corrected chi connectivity index (χ3v) is 9.07. The number of nitrogens with zero attached hydrogens (tertiary/aromatic N) is 5. The summed E-state index contributed by atoms with van der Waals surface area (Å²) >= 11 is 1.87. The van der Waals surface area contributed by atoms with Crippen LogP contribution in [0.15, 0.2) is 36.3 Å². The molecule has 2 amide bonds. The topological polar surface area (TPSA) is 82.8 Å². The summed E-state index contributed by atoms with van der Waals surface area (Å²) in [6.45, 7) is 11.2. The Bertz CT molecular complexity index is 1360. The van der Waals surface area contributed by atoms with Crippen LogP contribution in [0.5, 0.6) is 0 Å². The number of likely N-dealkylation sites (tertiary alicyclic amines) is 1. The molecule has 0 unspecified atom stereocenters. The molecule has 9 heteroatoms. The van der Waals surface area contributed by atoms with Crippen LogP contribution in [0, 0.1) is 11.8 Å². The summed E-state index contributed by atoms with van der Waals surface area (Å²) in [6, 6.07) is 3.34. The average molecular weight is 537 g/mol. The summed E-state index contributed by atoms with van der Waals surface area (Å²) in [5, 5.41) is 4.03. The second-order valence-electron chi connectivity index (χ2n) is 11.3. The Morgan fingerprint density at radius 1 is 1.26 bits per heavy atom. The van der Waals surface area contributed by atoms with Gasteiger partial charge < -0.3 is 19.5 Å². The Kier molecular flexibility index (Phi) is 7.68. The molecule has 3 atom stereocenters. The maximum atomic E-state index is 13.4. The molecule has 204 valence electrons. The van der Waals surface area contributed by atoms with Crippen LogP contribution < -0.4 is 5.32 Å². The van der Waals surface area contributed by atoms with Crippen LogP contribution in [0.1, 0.15) is 63.5 Å². The van der Waals surface area contributed by atoms with Gasteiger partial charge in [-0.1, -0.05) is 20.8 Å². The molecule has 1 fully saturated rings. The minimum absolute atomic E-state index is 0. The van der Waals surface area contributed by atoms with Gasteiger partial charge in [0.25, 0.3) is 0 Å². The minimum atomic E-state index is -0.627. The molecular weight excluding hydrogens is 496 g/mol. The number of hydrogen-bond donors (Lipinski definition) is 1. The van der Waals surface area contributed by atoms with Gasteiger partial charge in [0.1, 0.15) is 5.65 Å². The first-order valence-corrected chi connectivity index (χ1v) is 14.4. The zero-order chi connectivity index (χ0) is 27.0. The lowest BCUT2D eigenvalue weighted by atomic mass is 9.87. The Balaban J connectivity index is 0.00000353. The van der Waals surface area contributed by atoms with Gasteiger partial charge in [0.15, 0.2) is 0 Å². The number of pyridine rings is 1. The Hall–Kier alpha value is -3.04. The number of rotatable bonds is 6. The summed E-state index contributed by atoms with van der Waals surface area (Å²) in [4.78, 5) is 41.3. The highest BCUT2D eigenvalue weighted by Gasteiger charge is 2.32. The van der Waals surface area contributed by atoms with E-state index in [1.54, 1.807) is 23.2 Å². The van der Waals surface area contributed by atoms with Crippen LogP contribution in [0.2, 0.25) is 0 Å². The van der Waals surface area contributed by atoms with Crippen LogP contribution in [-0.2, 0) is 16.0 Å². The molecule has 1 saturated heterocycles. The van der Waals surface area contributed by atoms with Crippen molar-refractivity contribution >= 4 is 40.6 Å². The summed E-state index contributed by atoms with van der Waals surface area (Å²) in [5.41, 5.74) is 3.48. The molecule has 5 rings (SSSR count). The number of carbonyl (C=O) groups excluding carboxylic acids is 2. The molecule has 38 heavy (non-hydrogen) atoms. The Morgan fingerprint density at radius 3 is 2.84 bits per heavy atom. The van der Waals surface area contributed by atoms with E-state index in [0.717, 1.165) is 43.6 Å². The predicted molar refractivity (Wildman–Crippen MR) is 154 cm³/mol.